The largest absolute Gasteiger partial charge is 0.414 e. The van der Waals surface area contributed by atoms with Crippen LogP contribution < -0.4 is 0 Å². The van der Waals surface area contributed by atoms with E-state index in [4.69, 9.17) is 9.16 Å². The molecule has 0 bridgehead atoms. The molecule has 1 fully saturated rings. The maximum Gasteiger partial charge on any atom is 0.192 e. The fraction of sp³-hybridized carbons (Fsp3) is 0.867. The lowest BCUT2D eigenvalue weighted by Gasteiger charge is -2.37. The van der Waals surface area contributed by atoms with Crippen molar-refractivity contribution in [2.24, 2.45) is 0 Å². The van der Waals surface area contributed by atoms with Gasteiger partial charge in [-0.1, -0.05) is 26.8 Å². The third-order valence-electron chi connectivity index (χ3n) is 4.50. The van der Waals surface area contributed by atoms with E-state index in [0.717, 1.165) is 6.42 Å². The van der Waals surface area contributed by atoms with Gasteiger partial charge in [0, 0.05) is 6.42 Å². The fourth-order valence-electron chi connectivity index (χ4n) is 2.15. The molecule has 3 atom stereocenters. The summed E-state index contributed by atoms with van der Waals surface area (Å²) in [6.45, 7) is 17.4. The molecule has 112 valence electrons. The van der Waals surface area contributed by atoms with Gasteiger partial charge < -0.3 is 14.3 Å². The van der Waals surface area contributed by atoms with Crippen LogP contribution in [-0.4, -0.2) is 37.8 Å². The van der Waals surface area contributed by atoms with Gasteiger partial charge in [-0.05, 0) is 31.5 Å². The monoisotopic (exact) mass is 286 g/mol. The third kappa shape index (κ3) is 4.15. The van der Waals surface area contributed by atoms with Gasteiger partial charge in [-0.25, -0.2) is 0 Å². The summed E-state index contributed by atoms with van der Waals surface area (Å²) in [5.74, 6) is 0. The molecule has 0 amide bonds. The molecular weight excluding hydrogens is 256 g/mol. The average molecular weight is 286 g/mol. The fourth-order valence-corrected chi connectivity index (χ4v) is 3.17. The molecule has 0 spiro atoms. The van der Waals surface area contributed by atoms with Gasteiger partial charge in [0.25, 0.3) is 0 Å². The second kappa shape index (κ2) is 5.68. The molecule has 0 saturated carbocycles. The quantitative estimate of drug-likeness (QED) is 0.621. The van der Waals surface area contributed by atoms with Gasteiger partial charge in [0.05, 0.1) is 18.3 Å². The lowest BCUT2D eigenvalue weighted by Crippen LogP contribution is -2.44. The maximum atomic E-state index is 10.1. The van der Waals surface area contributed by atoms with Gasteiger partial charge in [0.1, 0.15) is 6.10 Å². The molecule has 0 aromatic rings. The zero-order chi connectivity index (χ0) is 14.9. The number of aliphatic hydroxyl groups excluding tert-OH is 1. The van der Waals surface area contributed by atoms with Crippen LogP contribution in [-0.2, 0) is 9.16 Å². The van der Waals surface area contributed by atoms with Gasteiger partial charge in [-0.15, -0.1) is 6.58 Å². The van der Waals surface area contributed by atoms with Crippen LogP contribution >= 0.6 is 0 Å². The zero-order valence-electron chi connectivity index (χ0n) is 13.3. The highest BCUT2D eigenvalue weighted by Gasteiger charge is 2.44. The van der Waals surface area contributed by atoms with Crippen LogP contribution in [0, 0.1) is 0 Å². The van der Waals surface area contributed by atoms with E-state index in [0.29, 0.717) is 13.0 Å². The third-order valence-corrected chi connectivity index (χ3v) is 9.00. The van der Waals surface area contributed by atoms with Crippen molar-refractivity contribution < 1.29 is 14.3 Å². The molecule has 1 rings (SSSR count). The van der Waals surface area contributed by atoms with Gasteiger partial charge in [0.2, 0.25) is 0 Å². The van der Waals surface area contributed by atoms with Crippen LogP contribution in [0.5, 0.6) is 0 Å². The molecule has 1 saturated heterocycles. The van der Waals surface area contributed by atoms with E-state index in [1.54, 1.807) is 0 Å². The van der Waals surface area contributed by atoms with Crippen molar-refractivity contribution in [3.05, 3.63) is 12.7 Å². The van der Waals surface area contributed by atoms with Gasteiger partial charge in [-0.2, -0.15) is 0 Å². The Labute approximate surface area is 119 Å². The van der Waals surface area contributed by atoms with Crippen LogP contribution in [0.25, 0.3) is 0 Å². The van der Waals surface area contributed by atoms with Crippen LogP contribution in [0.15, 0.2) is 12.7 Å². The van der Waals surface area contributed by atoms with Crippen LogP contribution in [0.1, 0.15) is 40.5 Å². The Kier molecular flexibility index (Phi) is 5.05. The average Bonchev–Trinajstić information content (AvgIpc) is 2.50. The predicted molar refractivity (Wildman–Crippen MR) is 81.9 cm³/mol. The van der Waals surface area contributed by atoms with Gasteiger partial charge in [0.15, 0.2) is 8.32 Å². The number of hydrogen-bond donors (Lipinski definition) is 1. The molecule has 0 aromatic heterocycles. The second-order valence-electron chi connectivity index (χ2n) is 7.44. The summed E-state index contributed by atoms with van der Waals surface area (Å²) in [5, 5.41) is 10.3. The lowest BCUT2D eigenvalue weighted by molar-refractivity contribution is -0.0597. The molecule has 0 radical (unpaired) electrons. The van der Waals surface area contributed by atoms with Crippen LogP contribution in [0.4, 0.5) is 0 Å². The summed E-state index contributed by atoms with van der Waals surface area (Å²) in [7, 11) is -1.78. The number of aliphatic hydroxyl groups is 1. The normalized spacial score (nSPS) is 32.6. The number of hydrogen-bond acceptors (Lipinski definition) is 3. The molecule has 1 aliphatic rings. The maximum absolute atomic E-state index is 10.1. The van der Waals surface area contributed by atoms with Crippen molar-refractivity contribution >= 4 is 8.32 Å². The Morgan fingerprint density at radius 2 is 2.05 bits per heavy atom. The summed E-state index contributed by atoms with van der Waals surface area (Å²) in [6.07, 6.45) is 2.63. The Balaban J connectivity index is 2.58. The minimum Gasteiger partial charge on any atom is -0.414 e. The molecule has 0 unspecified atom stereocenters. The standard InChI is InChI=1S/C15H30O3Si/c1-8-9-15(5)10-12(16)13(18-15)11-17-19(6,7)14(2,3)4/h8,12-13,16H,1,9-11H2,2-7H3/t12-,13+,15-/m1/s1. The van der Waals surface area contributed by atoms with Crippen molar-refractivity contribution in [1.29, 1.82) is 0 Å². The SMILES string of the molecule is C=CC[C@]1(C)C[C@@H](O)[C@H](CO[Si](C)(C)C(C)(C)C)O1. The summed E-state index contributed by atoms with van der Waals surface area (Å²) in [5.41, 5.74) is -0.289. The Morgan fingerprint density at radius 1 is 1.47 bits per heavy atom. The summed E-state index contributed by atoms with van der Waals surface area (Å²) in [4.78, 5) is 0. The summed E-state index contributed by atoms with van der Waals surface area (Å²) < 4.78 is 12.1. The lowest BCUT2D eigenvalue weighted by atomic mass is 9.97. The smallest absolute Gasteiger partial charge is 0.192 e. The first-order valence-corrected chi connectivity index (χ1v) is 10.0. The minimum atomic E-state index is -1.78. The van der Waals surface area contributed by atoms with E-state index in [1.807, 2.05) is 13.0 Å². The molecular formula is C15H30O3Si. The van der Waals surface area contributed by atoms with Gasteiger partial charge >= 0.3 is 0 Å². The van der Waals surface area contributed by atoms with Crippen LogP contribution in [0.3, 0.4) is 0 Å². The molecule has 1 heterocycles. The first-order valence-electron chi connectivity index (χ1n) is 7.11. The molecule has 1 aliphatic heterocycles. The van der Waals surface area contributed by atoms with Crippen molar-refractivity contribution in [3.8, 4) is 0 Å². The molecule has 19 heavy (non-hydrogen) atoms. The zero-order valence-corrected chi connectivity index (χ0v) is 14.3. The highest BCUT2D eigenvalue weighted by Crippen LogP contribution is 2.38. The van der Waals surface area contributed by atoms with Crippen molar-refractivity contribution in [2.75, 3.05) is 6.61 Å². The summed E-state index contributed by atoms with van der Waals surface area (Å²) >= 11 is 0. The first-order chi connectivity index (χ1) is 8.51. The van der Waals surface area contributed by atoms with Crippen molar-refractivity contribution in [3.63, 3.8) is 0 Å². The highest BCUT2D eigenvalue weighted by molar-refractivity contribution is 6.74. The van der Waals surface area contributed by atoms with E-state index in [2.05, 4.69) is 40.4 Å². The minimum absolute atomic E-state index is 0.182. The van der Waals surface area contributed by atoms with E-state index >= 15 is 0 Å². The molecule has 0 aliphatic carbocycles. The van der Waals surface area contributed by atoms with E-state index in [9.17, 15) is 5.11 Å². The molecule has 1 N–H and O–H groups in total. The number of rotatable bonds is 5. The number of ether oxygens (including phenoxy) is 1. The topological polar surface area (TPSA) is 38.7 Å². The molecule has 0 aromatic carbocycles. The first kappa shape index (κ1) is 16.9. The Morgan fingerprint density at radius 3 is 2.53 bits per heavy atom. The Hall–Kier alpha value is -0.163. The predicted octanol–water partition coefficient (Wildman–Crippen LogP) is 3.49. The molecule has 3 nitrogen and oxygen atoms in total. The second-order valence-corrected chi connectivity index (χ2v) is 12.3. The van der Waals surface area contributed by atoms with Gasteiger partial charge in [-0.3, -0.25) is 0 Å². The van der Waals surface area contributed by atoms with E-state index < -0.39 is 14.4 Å². The van der Waals surface area contributed by atoms with Crippen molar-refractivity contribution in [2.45, 2.75) is 76.5 Å². The van der Waals surface area contributed by atoms with Crippen molar-refractivity contribution in [1.82, 2.24) is 0 Å². The van der Waals surface area contributed by atoms with E-state index in [-0.39, 0.29) is 16.7 Å². The summed E-state index contributed by atoms with van der Waals surface area (Å²) in [6, 6.07) is 0. The molecule has 4 heteroatoms. The Bertz CT molecular complexity index is 322. The van der Waals surface area contributed by atoms with E-state index in [1.165, 1.54) is 0 Å². The highest BCUT2D eigenvalue weighted by atomic mass is 28.4. The van der Waals surface area contributed by atoms with Crippen LogP contribution in [0.2, 0.25) is 18.1 Å².